The first-order valence-electron chi connectivity index (χ1n) is 10.4. The minimum Gasteiger partial charge on any atom is -0.453 e. The van der Waals surface area contributed by atoms with Gasteiger partial charge in [-0.1, -0.05) is 11.6 Å². The predicted octanol–water partition coefficient (Wildman–Crippen LogP) is 2.59. The Bertz CT molecular complexity index is 1080. The van der Waals surface area contributed by atoms with Crippen molar-refractivity contribution in [3.63, 3.8) is 0 Å². The normalized spacial score (nSPS) is 17.1. The molecule has 2 aromatic carbocycles. The van der Waals surface area contributed by atoms with E-state index in [0.29, 0.717) is 46.9 Å². The van der Waals surface area contributed by atoms with E-state index >= 15 is 0 Å². The molecule has 0 spiro atoms. The van der Waals surface area contributed by atoms with E-state index in [2.05, 4.69) is 20.7 Å². The highest BCUT2D eigenvalue weighted by atomic mass is 35.5. The highest BCUT2D eigenvalue weighted by Gasteiger charge is 2.43. The molecule has 4 amide bonds. The number of likely N-dealkylation sites (tertiary alicyclic amines) is 1. The molecule has 1 atom stereocenters. The lowest BCUT2D eigenvalue weighted by Gasteiger charge is -2.30. The van der Waals surface area contributed by atoms with Gasteiger partial charge in [0.1, 0.15) is 5.60 Å². The average Bonchev–Trinajstić information content (AvgIpc) is 3.30. The van der Waals surface area contributed by atoms with E-state index in [1.54, 1.807) is 42.3 Å². The molecule has 0 aliphatic carbocycles. The fraction of sp³-hybridized carbons (Fsp3) is 0.304. The summed E-state index contributed by atoms with van der Waals surface area (Å²) < 4.78 is 10.3. The lowest BCUT2D eigenvalue weighted by atomic mass is 9.91. The van der Waals surface area contributed by atoms with Crippen LogP contribution in [0.2, 0.25) is 5.02 Å². The van der Waals surface area contributed by atoms with E-state index in [0.717, 1.165) is 0 Å². The molecule has 180 valence electrons. The number of methoxy groups -OCH3 is 2. The molecular formula is C23H25ClN4O6. The van der Waals surface area contributed by atoms with Gasteiger partial charge in [-0.25, -0.2) is 4.79 Å². The third-order valence-electron chi connectivity index (χ3n) is 5.64. The SMILES string of the molecule is COC(=O)Nc1ccc(C(=O)NCC(=O)N2CCC(OC)(c3cc(Cl)ccc3NC=O)C2)cc1. The molecule has 1 unspecified atom stereocenters. The van der Waals surface area contributed by atoms with Crippen LogP contribution < -0.4 is 16.0 Å². The summed E-state index contributed by atoms with van der Waals surface area (Å²) in [6.45, 7) is 0.444. The second kappa shape index (κ2) is 11.0. The molecule has 34 heavy (non-hydrogen) atoms. The van der Waals surface area contributed by atoms with Crippen molar-refractivity contribution in [1.29, 1.82) is 0 Å². The van der Waals surface area contributed by atoms with Crippen LogP contribution >= 0.6 is 11.6 Å². The number of hydrogen-bond donors (Lipinski definition) is 3. The van der Waals surface area contributed by atoms with E-state index < -0.39 is 17.6 Å². The summed E-state index contributed by atoms with van der Waals surface area (Å²) in [5, 5.41) is 8.23. The van der Waals surface area contributed by atoms with Gasteiger partial charge in [-0.15, -0.1) is 0 Å². The molecule has 2 aromatic rings. The molecule has 0 radical (unpaired) electrons. The smallest absolute Gasteiger partial charge is 0.411 e. The summed E-state index contributed by atoms with van der Waals surface area (Å²) in [4.78, 5) is 49.1. The van der Waals surface area contributed by atoms with E-state index in [9.17, 15) is 19.2 Å². The van der Waals surface area contributed by atoms with Gasteiger partial charge in [0.15, 0.2) is 0 Å². The van der Waals surface area contributed by atoms with E-state index in [1.807, 2.05) is 0 Å². The van der Waals surface area contributed by atoms with Crippen LogP contribution in [0.15, 0.2) is 42.5 Å². The van der Waals surface area contributed by atoms with Gasteiger partial charge in [0.25, 0.3) is 5.91 Å². The molecule has 3 N–H and O–H groups in total. The number of nitrogens with zero attached hydrogens (tertiary/aromatic N) is 1. The van der Waals surface area contributed by atoms with Crippen LogP contribution in [-0.4, -0.2) is 63.1 Å². The Kier molecular flexibility index (Phi) is 8.08. The van der Waals surface area contributed by atoms with Crippen LogP contribution in [0.1, 0.15) is 22.3 Å². The zero-order valence-electron chi connectivity index (χ0n) is 18.7. The Morgan fingerprint density at radius 3 is 2.53 bits per heavy atom. The number of hydrogen-bond acceptors (Lipinski definition) is 6. The fourth-order valence-electron chi connectivity index (χ4n) is 3.82. The van der Waals surface area contributed by atoms with Gasteiger partial charge < -0.3 is 25.0 Å². The van der Waals surface area contributed by atoms with Crippen LogP contribution in [-0.2, 0) is 24.7 Å². The predicted molar refractivity (Wildman–Crippen MR) is 126 cm³/mol. The lowest BCUT2D eigenvalue weighted by molar-refractivity contribution is -0.130. The minimum atomic E-state index is -0.849. The number of carbonyl (C=O) groups is 4. The molecule has 1 aliphatic heterocycles. The molecule has 0 aromatic heterocycles. The monoisotopic (exact) mass is 488 g/mol. The van der Waals surface area contributed by atoms with Crippen molar-refractivity contribution < 1.29 is 28.7 Å². The fourth-order valence-corrected chi connectivity index (χ4v) is 3.99. The van der Waals surface area contributed by atoms with E-state index in [1.165, 1.54) is 19.2 Å². The third kappa shape index (κ3) is 5.64. The summed E-state index contributed by atoms with van der Waals surface area (Å²) in [6.07, 6.45) is 0.445. The Hall–Kier alpha value is -3.63. The zero-order chi connectivity index (χ0) is 24.7. The van der Waals surface area contributed by atoms with Gasteiger partial charge in [-0.05, 0) is 42.5 Å². The highest BCUT2D eigenvalue weighted by molar-refractivity contribution is 6.30. The molecule has 1 saturated heterocycles. The van der Waals surface area contributed by atoms with Crippen molar-refractivity contribution in [2.45, 2.75) is 12.0 Å². The largest absolute Gasteiger partial charge is 0.453 e. The number of benzene rings is 2. The minimum absolute atomic E-state index is 0.199. The number of amides is 4. The van der Waals surface area contributed by atoms with Gasteiger partial charge in [-0.3, -0.25) is 19.7 Å². The molecule has 0 saturated carbocycles. The molecule has 1 aliphatic rings. The topological polar surface area (TPSA) is 126 Å². The highest BCUT2D eigenvalue weighted by Crippen LogP contribution is 2.40. The quantitative estimate of drug-likeness (QED) is 0.490. The number of halogens is 1. The number of anilines is 2. The summed E-state index contributed by atoms with van der Waals surface area (Å²) in [7, 11) is 2.79. The molecular weight excluding hydrogens is 464 g/mol. The van der Waals surface area contributed by atoms with Crippen LogP contribution in [0.5, 0.6) is 0 Å². The summed E-state index contributed by atoms with van der Waals surface area (Å²) in [6, 6.07) is 11.2. The standard InChI is InChI=1S/C23H25ClN4O6/c1-33-22(32)27-17-6-3-15(4-7-17)21(31)25-12-20(30)28-10-9-23(13-28,34-2)18-11-16(24)5-8-19(18)26-14-29/h3-8,11,14H,9-10,12-13H2,1-2H3,(H,25,31)(H,26,29)(H,27,32). The van der Waals surface area contributed by atoms with Crippen molar-refractivity contribution in [2.24, 2.45) is 0 Å². The number of carbonyl (C=O) groups excluding carboxylic acids is 4. The van der Waals surface area contributed by atoms with Gasteiger partial charge in [0.05, 0.1) is 20.2 Å². The second-order valence-electron chi connectivity index (χ2n) is 7.59. The summed E-state index contributed by atoms with van der Waals surface area (Å²) in [5.74, 6) is -0.703. The van der Waals surface area contributed by atoms with Crippen molar-refractivity contribution >= 4 is 47.3 Å². The molecule has 0 bridgehead atoms. The van der Waals surface area contributed by atoms with Crippen LogP contribution in [0.4, 0.5) is 16.2 Å². The van der Waals surface area contributed by atoms with Crippen molar-refractivity contribution in [3.8, 4) is 0 Å². The Morgan fingerprint density at radius 1 is 1.15 bits per heavy atom. The first-order chi connectivity index (χ1) is 16.3. The summed E-state index contributed by atoms with van der Waals surface area (Å²) in [5.41, 5.74) is 1.18. The maximum Gasteiger partial charge on any atom is 0.411 e. The van der Waals surface area contributed by atoms with Gasteiger partial charge >= 0.3 is 6.09 Å². The van der Waals surface area contributed by atoms with Crippen molar-refractivity contribution in [2.75, 3.05) is 44.5 Å². The third-order valence-corrected chi connectivity index (χ3v) is 5.88. The van der Waals surface area contributed by atoms with E-state index in [-0.39, 0.29) is 19.0 Å². The molecule has 1 fully saturated rings. The number of nitrogens with one attached hydrogen (secondary N) is 3. The number of ether oxygens (including phenoxy) is 2. The second-order valence-corrected chi connectivity index (χ2v) is 8.03. The zero-order valence-corrected chi connectivity index (χ0v) is 19.5. The van der Waals surface area contributed by atoms with Gasteiger partial charge in [-0.2, -0.15) is 0 Å². The van der Waals surface area contributed by atoms with Crippen LogP contribution in [0.25, 0.3) is 0 Å². The van der Waals surface area contributed by atoms with Gasteiger partial charge in [0.2, 0.25) is 12.3 Å². The van der Waals surface area contributed by atoms with Crippen LogP contribution in [0, 0.1) is 0 Å². The Morgan fingerprint density at radius 2 is 1.88 bits per heavy atom. The Balaban J connectivity index is 1.62. The van der Waals surface area contributed by atoms with Gasteiger partial charge in [0, 0.05) is 47.6 Å². The molecule has 1 heterocycles. The maximum atomic E-state index is 12.8. The first-order valence-corrected chi connectivity index (χ1v) is 10.8. The van der Waals surface area contributed by atoms with Crippen LogP contribution in [0.3, 0.4) is 0 Å². The van der Waals surface area contributed by atoms with Crippen molar-refractivity contribution in [1.82, 2.24) is 10.2 Å². The average molecular weight is 489 g/mol. The van der Waals surface area contributed by atoms with E-state index in [4.69, 9.17) is 16.3 Å². The lowest BCUT2D eigenvalue weighted by Crippen LogP contribution is -2.41. The summed E-state index contributed by atoms with van der Waals surface area (Å²) >= 11 is 6.17. The number of rotatable bonds is 8. The molecule has 3 rings (SSSR count). The molecule has 10 nitrogen and oxygen atoms in total. The maximum absolute atomic E-state index is 12.8. The molecule has 11 heteroatoms. The van der Waals surface area contributed by atoms with Crippen molar-refractivity contribution in [3.05, 3.63) is 58.6 Å². The Labute approximate surface area is 201 Å². The first kappa shape index (κ1) is 25.0.